The van der Waals surface area contributed by atoms with Gasteiger partial charge in [0.1, 0.15) is 10.1 Å². The first-order chi connectivity index (χ1) is 6.63. The van der Waals surface area contributed by atoms with Crippen LogP contribution in [-0.2, 0) is 0 Å². The van der Waals surface area contributed by atoms with Gasteiger partial charge in [0.2, 0.25) is 0 Å². The molecule has 3 heteroatoms. The zero-order chi connectivity index (χ0) is 10.2. The standard InChI is InChI=1S/C11H11Cl2O/c1-2-14-9-5-3-8(4-6-9)10-7-11(10,12)13/h3-6H,2,7H2,1H3. The van der Waals surface area contributed by atoms with Crippen LogP contribution in [0.3, 0.4) is 0 Å². The number of halogens is 2. The lowest BCUT2D eigenvalue weighted by Gasteiger charge is -2.04. The van der Waals surface area contributed by atoms with Crippen molar-refractivity contribution in [1.82, 2.24) is 0 Å². The Morgan fingerprint density at radius 2 is 1.86 bits per heavy atom. The van der Waals surface area contributed by atoms with Crippen LogP contribution in [0.2, 0.25) is 0 Å². The molecule has 0 heterocycles. The molecule has 1 nitrogen and oxygen atoms in total. The third-order valence-corrected chi connectivity index (χ3v) is 2.95. The Bertz CT molecular complexity index is 319. The van der Waals surface area contributed by atoms with E-state index in [9.17, 15) is 0 Å². The molecule has 0 spiro atoms. The van der Waals surface area contributed by atoms with Crippen LogP contribution in [0, 0.1) is 5.92 Å². The zero-order valence-electron chi connectivity index (χ0n) is 7.89. The molecule has 0 saturated heterocycles. The minimum atomic E-state index is -0.618. The van der Waals surface area contributed by atoms with Crippen LogP contribution in [0.1, 0.15) is 18.9 Å². The predicted octanol–water partition coefficient (Wildman–Crippen LogP) is 3.59. The van der Waals surface area contributed by atoms with Gasteiger partial charge in [0.25, 0.3) is 0 Å². The minimum absolute atomic E-state index is 0.618. The van der Waals surface area contributed by atoms with E-state index >= 15 is 0 Å². The Balaban J connectivity index is 2.08. The Morgan fingerprint density at radius 1 is 1.29 bits per heavy atom. The average Bonchev–Trinajstić information content (AvgIpc) is 2.77. The van der Waals surface area contributed by atoms with Gasteiger partial charge >= 0.3 is 0 Å². The quantitative estimate of drug-likeness (QED) is 0.721. The van der Waals surface area contributed by atoms with E-state index in [0.717, 1.165) is 23.7 Å². The average molecular weight is 230 g/mol. The van der Waals surface area contributed by atoms with Gasteiger partial charge < -0.3 is 4.74 Å². The largest absolute Gasteiger partial charge is 0.494 e. The summed E-state index contributed by atoms with van der Waals surface area (Å²) >= 11 is 11.9. The van der Waals surface area contributed by atoms with E-state index in [2.05, 4.69) is 0 Å². The summed E-state index contributed by atoms with van der Waals surface area (Å²) < 4.78 is 4.72. The van der Waals surface area contributed by atoms with Crippen molar-refractivity contribution in [3.05, 3.63) is 35.7 Å². The molecule has 0 aromatic heterocycles. The van der Waals surface area contributed by atoms with E-state index < -0.39 is 4.33 Å². The summed E-state index contributed by atoms with van der Waals surface area (Å²) in [5, 5.41) is 0. The fourth-order valence-electron chi connectivity index (χ4n) is 1.41. The van der Waals surface area contributed by atoms with Crippen molar-refractivity contribution in [1.29, 1.82) is 0 Å². The highest BCUT2D eigenvalue weighted by Crippen LogP contribution is 2.58. The highest BCUT2D eigenvalue weighted by Gasteiger charge is 2.53. The number of benzene rings is 1. The molecule has 75 valence electrons. The zero-order valence-corrected chi connectivity index (χ0v) is 9.40. The van der Waals surface area contributed by atoms with E-state index in [1.165, 1.54) is 0 Å². The number of hydrogen-bond donors (Lipinski definition) is 0. The summed E-state index contributed by atoms with van der Waals surface area (Å²) in [5.41, 5.74) is 1.11. The molecular weight excluding hydrogens is 219 g/mol. The summed E-state index contributed by atoms with van der Waals surface area (Å²) in [6, 6.07) is 7.86. The molecule has 0 amide bonds. The monoisotopic (exact) mass is 229 g/mol. The normalized spacial score (nSPS) is 19.4. The highest BCUT2D eigenvalue weighted by molar-refractivity contribution is 6.53. The van der Waals surface area contributed by atoms with Crippen molar-refractivity contribution in [2.24, 2.45) is 0 Å². The molecule has 1 aliphatic rings. The smallest absolute Gasteiger partial charge is 0.130 e. The number of rotatable bonds is 3. The molecule has 2 rings (SSSR count). The van der Waals surface area contributed by atoms with Gasteiger partial charge in [-0.2, -0.15) is 0 Å². The third kappa shape index (κ3) is 1.99. The first-order valence-electron chi connectivity index (χ1n) is 4.61. The van der Waals surface area contributed by atoms with Gasteiger partial charge in [-0.25, -0.2) is 0 Å². The lowest BCUT2D eigenvalue weighted by molar-refractivity contribution is 0.340. The van der Waals surface area contributed by atoms with Crippen LogP contribution in [0.4, 0.5) is 0 Å². The van der Waals surface area contributed by atoms with Crippen molar-refractivity contribution in [2.75, 3.05) is 6.61 Å². The Hall–Kier alpha value is -0.400. The molecule has 1 radical (unpaired) electrons. The molecule has 0 bridgehead atoms. The van der Waals surface area contributed by atoms with Gasteiger partial charge in [-0.3, -0.25) is 0 Å². The second kappa shape index (κ2) is 3.63. The molecule has 1 aromatic rings. The summed E-state index contributed by atoms with van der Waals surface area (Å²) in [4.78, 5) is 0. The second-order valence-electron chi connectivity index (χ2n) is 3.32. The van der Waals surface area contributed by atoms with Gasteiger partial charge in [0, 0.05) is 5.92 Å². The molecular formula is C11H11Cl2O. The lowest BCUT2D eigenvalue weighted by atomic mass is 10.1. The summed E-state index contributed by atoms with van der Waals surface area (Å²) in [6.45, 7) is 2.65. The van der Waals surface area contributed by atoms with Crippen molar-refractivity contribution in [3.63, 3.8) is 0 Å². The maximum atomic E-state index is 5.94. The second-order valence-corrected chi connectivity index (χ2v) is 4.80. The Kier molecular flexibility index (Phi) is 2.63. The van der Waals surface area contributed by atoms with Crippen LogP contribution in [0.15, 0.2) is 24.3 Å². The molecule has 1 fully saturated rings. The molecule has 0 N–H and O–H groups in total. The number of alkyl halides is 2. The maximum absolute atomic E-state index is 5.94. The first-order valence-corrected chi connectivity index (χ1v) is 5.36. The lowest BCUT2D eigenvalue weighted by Crippen LogP contribution is -1.93. The van der Waals surface area contributed by atoms with Crippen molar-refractivity contribution in [3.8, 4) is 5.75 Å². The predicted molar refractivity (Wildman–Crippen MR) is 59.0 cm³/mol. The molecule has 0 unspecified atom stereocenters. The first kappa shape index (κ1) is 10.1. The van der Waals surface area contributed by atoms with Crippen molar-refractivity contribution in [2.45, 2.75) is 17.7 Å². The van der Waals surface area contributed by atoms with E-state index in [1.54, 1.807) is 0 Å². The van der Waals surface area contributed by atoms with E-state index in [-0.39, 0.29) is 0 Å². The Morgan fingerprint density at radius 3 is 2.29 bits per heavy atom. The molecule has 1 aromatic carbocycles. The van der Waals surface area contributed by atoms with Gasteiger partial charge in [0.15, 0.2) is 0 Å². The maximum Gasteiger partial charge on any atom is 0.130 e. The van der Waals surface area contributed by atoms with Crippen LogP contribution in [-0.4, -0.2) is 10.9 Å². The van der Waals surface area contributed by atoms with E-state index in [0.29, 0.717) is 6.61 Å². The fourth-order valence-corrected chi connectivity index (χ4v) is 1.90. The van der Waals surface area contributed by atoms with Crippen LogP contribution in [0.25, 0.3) is 0 Å². The SMILES string of the molecule is CCOc1ccc([C]2CC2(Cl)Cl)cc1. The summed E-state index contributed by atoms with van der Waals surface area (Å²) in [6.07, 6.45) is 0.768. The van der Waals surface area contributed by atoms with Crippen LogP contribution >= 0.6 is 23.2 Å². The van der Waals surface area contributed by atoms with Crippen molar-refractivity contribution < 1.29 is 4.74 Å². The number of ether oxygens (including phenoxy) is 1. The van der Waals surface area contributed by atoms with Gasteiger partial charge in [-0.1, -0.05) is 12.1 Å². The highest BCUT2D eigenvalue weighted by atomic mass is 35.5. The molecule has 0 aliphatic heterocycles. The molecule has 14 heavy (non-hydrogen) atoms. The van der Waals surface area contributed by atoms with E-state index in [1.807, 2.05) is 31.2 Å². The van der Waals surface area contributed by atoms with Crippen LogP contribution < -0.4 is 4.74 Å². The molecule has 0 atom stereocenters. The molecule has 1 saturated carbocycles. The third-order valence-electron chi connectivity index (χ3n) is 2.23. The van der Waals surface area contributed by atoms with Crippen molar-refractivity contribution >= 4 is 23.2 Å². The number of hydrogen-bond acceptors (Lipinski definition) is 1. The van der Waals surface area contributed by atoms with Gasteiger partial charge in [0.05, 0.1) is 6.61 Å². The fraction of sp³-hybridized carbons (Fsp3) is 0.364. The van der Waals surface area contributed by atoms with Gasteiger partial charge in [-0.05, 0) is 31.0 Å². The molecule has 1 aliphatic carbocycles. The van der Waals surface area contributed by atoms with E-state index in [4.69, 9.17) is 27.9 Å². The summed E-state index contributed by atoms with van der Waals surface area (Å²) in [5.74, 6) is 1.98. The van der Waals surface area contributed by atoms with Crippen LogP contribution in [0.5, 0.6) is 5.75 Å². The topological polar surface area (TPSA) is 9.23 Å². The van der Waals surface area contributed by atoms with Gasteiger partial charge in [-0.15, -0.1) is 23.2 Å². The minimum Gasteiger partial charge on any atom is -0.494 e. The Labute approximate surface area is 94.0 Å². The summed E-state index contributed by atoms with van der Waals surface area (Å²) in [7, 11) is 0.